The van der Waals surface area contributed by atoms with E-state index in [-0.39, 0.29) is 5.91 Å². The maximum atomic E-state index is 12.4. The van der Waals surface area contributed by atoms with Gasteiger partial charge >= 0.3 is 0 Å². The molecule has 28 heavy (non-hydrogen) atoms. The van der Waals surface area contributed by atoms with Crippen molar-refractivity contribution >= 4 is 11.7 Å². The van der Waals surface area contributed by atoms with E-state index < -0.39 is 0 Å². The summed E-state index contributed by atoms with van der Waals surface area (Å²) in [5.74, 6) is 1.22. The number of carbonyl (C=O) groups excluding carboxylic acids is 1. The predicted molar refractivity (Wildman–Crippen MR) is 108 cm³/mol. The van der Waals surface area contributed by atoms with Gasteiger partial charge in [0, 0.05) is 24.7 Å². The molecule has 3 aromatic rings. The van der Waals surface area contributed by atoms with Crippen LogP contribution in [-0.2, 0) is 19.4 Å². The van der Waals surface area contributed by atoms with Gasteiger partial charge in [-0.1, -0.05) is 43.7 Å². The van der Waals surface area contributed by atoms with Gasteiger partial charge in [-0.15, -0.1) is 0 Å². The third-order valence-corrected chi connectivity index (χ3v) is 4.85. The van der Waals surface area contributed by atoms with Gasteiger partial charge in [-0.3, -0.25) is 9.89 Å². The van der Waals surface area contributed by atoms with E-state index in [0.717, 1.165) is 47.6 Å². The fourth-order valence-corrected chi connectivity index (χ4v) is 3.51. The Balaban J connectivity index is 1.71. The first kappa shape index (κ1) is 18.2. The van der Waals surface area contributed by atoms with Crippen LogP contribution in [0.2, 0.25) is 0 Å². The highest BCUT2D eigenvalue weighted by Gasteiger charge is 2.26. The van der Waals surface area contributed by atoms with E-state index in [1.807, 2.05) is 37.4 Å². The molecule has 0 atom stereocenters. The van der Waals surface area contributed by atoms with Crippen LogP contribution in [-0.4, -0.2) is 39.7 Å². The van der Waals surface area contributed by atoms with Gasteiger partial charge in [-0.25, -0.2) is 9.97 Å². The van der Waals surface area contributed by atoms with Gasteiger partial charge in [0.15, 0.2) is 5.82 Å². The van der Waals surface area contributed by atoms with Crippen molar-refractivity contribution in [3.63, 3.8) is 0 Å². The Morgan fingerprint density at radius 1 is 1.18 bits per heavy atom. The molecule has 7 nitrogen and oxygen atoms in total. The molecular weight excluding hydrogens is 352 g/mol. The Bertz CT molecular complexity index is 982. The maximum Gasteiger partial charge on any atom is 0.270 e. The summed E-state index contributed by atoms with van der Waals surface area (Å²) >= 11 is 0. The standard InChI is InChI=1S/C21H24N6O/c1-3-7-15-12-16(26-25-15)13-27(2)20-17-10-11-22-21(28)18(17)23-19(24-20)14-8-5-4-6-9-14/h4-6,8-9,12H,3,7,10-11,13H2,1-2H3,(H,22,28)(H,25,26). The summed E-state index contributed by atoms with van der Waals surface area (Å²) in [6, 6.07) is 11.9. The minimum atomic E-state index is -0.137. The molecule has 7 heteroatoms. The molecule has 1 aliphatic rings. The van der Waals surface area contributed by atoms with Crippen molar-refractivity contribution in [1.82, 2.24) is 25.5 Å². The zero-order chi connectivity index (χ0) is 19.5. The van der Waals surface area contributed by atoms with Gasteiger partial charge in [0.05, 0.1) is 17.9 Å². The highest BCUT2D eigenvalue weighted by atomic mass is 16.1. The third kappa shape index (κ3) is 3.60. The molecule has 2 N–H and O–H groups in total. The van der Waals surface area contributed by atoms with Crippen LogP contribution in [0.15, 0.2) is 36.4 Å². The minimum absolute atomic E-state index is 0.137. The number of rotatable bonds is 6. The average Bonchev–Trinajstić information content (AvgIpc) is 3.15. The summed E-state index contributed by atoms with van der Waals surface area (Å²) in [7, 11) is 1.99. The molecule has 0 radical (unpaired) electrons. The molecule has 0 spiro atoms. The normalized spacial score (nSPS) is 13.1. The average molecular weight is 376 g/mol. The van der Waals surface area contributed by atoms with Crippen LogP contribution >= 0.6 is 0 Å². The second-order valence-corrected chi connectivity index (χ2v) is 7.06. The van der Waals surface area contributed by atoms with Crippen molar-refractivity contribution in [3.05, 3.63) is 59.0 Å². The van der Waals surface area contributed by atoms with E-state index in [4.69, 9.17) is 4.98 Å². The molecule has 0 aliphatic carbocycles. The van der Waals surface area contributed by atoms with Crippen molar-refractivity contribution in [2.75, 3.05) is 18.5 Å². The van der Waals surface area contributed by atoms with Gasteiger partial charge in [0.2, 0.25) is 0 Å². The Labute approximate surface area is 164 Å². The first-order chi connectivity index (χ1) is 13.7. The van der Waals surface area contributed by atoms with Crippen LogP contribution in [0.5, 0.6) is 0 Å². The number of hydrogen-bond acceptors (Lipinski definition) is 5. The van der Waals surface area contributed by atoms with Crippen molar-refractivity contribution in [1.29, 1.82) is 0 Å². The second-order valence-electron chi connectivity index (χ2n) is 7.06. The predicted octanol–water partition coefficient (Wildman–Crippen LogP) is 2.74. The van der Waals surface area contributed by atoms with E-state index >= 15 is 0 Å². The molecule has 2 aromatic heterocycles. The zero-order valence-corrected chi connectivity index (χ0v) is 16.2. The summed E-state index contributed by atoms with van der Waals surface area (Å²) in [4.78, 5) is 23.9. The van der Waals surface area contributed by atoms with Gasteiger partial charge in [-0.05, 0) is 18.9 Å². The minimum Gasteiger partial charge on any atom is -0.353 e. The number of benzene rings is 1. The summed E-state index contributed by atoms with van der Waals surface area (Å²) in [6.45, 7) is 3.38. The van der Waals surface area contributed by atoms with Crippen molar-refractivity contribution in [2.45, 2.75) is 32.7 Å². The number of nitrogens with zero attached hydrogens (tertiary/aromatic N) is 4. The monoisotopic (exact) mass is 376 g/mol. The van der Waals surface area contributed by atoms with E-state index in [2.05, 4.69) is 38.4 Å². The molecule has 1 amide bonds. The third-order valence-electron chi connectivity index (χ3n) is 4.85. The lowest BCUT2D eigenvalue weighted by atomic mass is 10.0. The molecule has 3 heterocycles. The smallest absolute Gasteiger partial charge is 0.270 e. The number of hydrogen-bond donors (Lipinski definition) is 2. The largest absolute Gasteiger partial charge is 0.353 e. The first-order valence-corrected chi connectivity index (χ1v) is 9.64. The van der Waals surface area contributed by atoms with E-state index in [9.17, 15) is 4.79 Å². The molecule has 144 valence electrons. The Morgan fingerprint density at radius 2 is 2.00 bits per heavy atom. The molecule has 0 saturated heterocycles. The SMILES string of the molecule is CCCc1cc(CN(C)c2nc(-c3ccccc3)nc3c2CCNC3=O)[nH]n1. The summed E-state index contributed by atoms with van der Waals surface area (Å²) in [5.41, 5.74) is 4.36. The molecular formula is C21H24N6O. The molecule has 0 bridgehead atoms. The lowest BCUT2D eigenvalue weighted by Crippen LogP contribution is -2.35. The van der Waals surface area contributed by atoms with E-state index in [1.54, 1.807) is 0 Å². The van der Waals surface area contributed by atoms with Gasteiger partial charge in [0.25, 0.3) is 5.91 Å². The van der Waals surface area contributed by atoms with Gasteiger partial charge in [-0.2, -0.15) is 5.10 Å². The molecule has 4 rings (SSSR count). The molecule has 1 aromatic carbocycles. The molecule has 0 unspecified atom stereocenters. The number of H-pyrrole nitrogens is 1. The van der Waals surface area contributed by atoms with Crippen molar-refractivity contribution in [2.24, 2.45) is 0 Å². The number of amides is 1. The van der Waals surface area contributed by atoms with Crippen LogP contribution in [0.4, 0.5) is 5.82 Å². The van der Waals surface area contributed by atoms with Crippen molar-refractivity contribution in [3.8, 4) is 11.4 Å². The maximum absolute atomic E-state index is 12.4. The van der Waals surface area contributed by atoms with Crippen molar-refractivity contribution < 1.29 is 4.79 Å². The zero-order valence-electron chi connectivity index (χ0n) is 16.2. The van der Waals surface area contributed by atoms with Gasteiger partial charge in [0.1, 0.15) is 11.5 Å². The summed E-state index contributed by atoms with van der Waals surface area (Å²) < 4.78 is 0. The fourth-order valence-electron chi connectivity index (χ4n) is 3.51. The first-order valence-electron chi connectivity index (χ1n) is 9.64. The number of fused-ring (bicyclic) bond motifs is 1. The number of anilines is 1. The van der Waals surface area contributed by atoms with Crippen LogP contribution in [0.1, 0.15) is 40.8 Å². The molecule has 0 fully saturated rings. The van der Waals surface area contributed by atoms with E-state index in [0.29, 0.717) is 24.6 Å². The number of carbonyl (C=O) groups is 1. The van der Waals surface area contributed by atoms with E-state index in [1.165, 1.54) is 0 Å². The van der Waals surface area contributed by atoms with Crippen LogP contribution in [0.3, 0.4) is 0 Å². The number of nitrogens with one attached hydrogen (secondary N) is 2. The quantitative estimate of drug-likeness (QED) is 0.691. The highest BCUT2D eigenvalue weighted by molar-refractivity contribution is 5.96. The van der Waals surface area contributed by atoms with Crippen LogP contribution in [0.25, 0.3) is 11.4 Å². The number of aromatic amines is 1. The van der Waals surface area contributed by atoms with Crippen LogP contribution < -0.4 is 10.2 Å². The summed E-state index contributed by atoms with van der Waals surface area (Å²) in [5, 5.41) is 10.4. The summed E-state index contributed by atoms with van der Waals surface area (Å²) in [6.07, 6.45) is 2.75. The lowest BCUT2D eigenvalue weighted by molar-refractivity contribution is 0.0940. The molecule has 0 saturated carbocycles. The second kappa shape index (κ2) is 7.80. The highest BCUT2D eigenvalue weighted by Crippen LogP contribution is 2.27. The topological polar surface area (TPSA) is 86.8 Å². The molecule has 1 aliphatic heterocycles. The Kier molecular flexibility index (Phi) is 5.06. The Morgan fingerprint density at radius 3 is 2.79 bits per heavy atom. The fraction of sp³-hybridized carbons (Fsp3) is 0.333. The number of aromatic nitrogens is 4. The lowest BCUT2D eigenvalue weighted by Gasteiger charge is -2.25. The Hall–Kier alpha value is -3.22. The van der Waals surface area contributed by atoms with Gasteiger partial charge < -0.3 is 10.2 Å². The number of aryl methyl sites for hydroxylation is 1. The van der Waals surface area contributed by atoms with Crippen LogP contribution in [0, 0.1) is 0 Å².